The molecule has 0 radical (unpaired) electrons. The Labute approximate surface area is 126 Å². The molecule has 0 atom stereocenters. The van der Waals surface area contributed by atoms with Crippen LogP contribution in [0.4, 0.5) is 5.69 Å². The monoisotopic (exact) mass is 338 g/mol. The third-order valence-corrected chi connectivity index (χ3v) is 7.05. The Morgan fingerprint density at radius 3 is 2.55 bits per heavy atom. The molecule has 1 heterocycles. The summed E-state index contributed by atoms with van der Waals surface area (Å²) in [4.78, 5) is 10.0. The van der Waals surface area contributed by atoms with E-state index in [-0.39, 0.29) is 19.6 Å². The molecule has 1 aromatic heterocycles. The second-order valence-corrected chi connectivity index (χ2v) is 8.97. The number of nitrogens with one attached hydrogen (secondary N) is 1. The van der Waals surface area contributed by atoms with Gasteiger partial charge in [0, 0.05) is 12.6 Å². The molecule has 0 spiro atoms. The van der Waals surface area contributed by atoms with Crippen molar-refractivity contribution in [1.82, 2.24) is 4.72 Å². The van der Waals surface area contributed by atoms with Crippen LogP contribution >= 0.6 is 22.9 Å². The zero-order valence-electron chi connectivity index (χ0n) is 11.1. The molecule has 112 valence electrons. The summed E-state index contributed by atoms with van der Waals surface area (Å²) in [5.74, 6) is 0.395. The van der Waals surface area contributed by atoms with Gasteiger partial charge in [-0.05, 0) is 24.2 Å². The van der Waals surface area contributed by atoms with Crippen molar-refractivity contribution in [2.24, 2.45) is 11.3 Å². The molecular formula is C11H15ClN2O4S2. The highest BCUT2D eigenvalue weighted by molar-refractivity contribution is 7.91. The van der Waals surface area contributed by atoms with Gasteiger partial charge in [-0.1, -0.05) is 25.4 Å². The number of hydrogen-bond acceptors (Lipinski definition) is 5. The van der Waals surface area contributed by atoms with Crippen LogP contribution in [-0.4, -0.2) is 19.9 Å². The minimum Gasteiger partial charge on any atom is -0.258 e. The van der Waals surface area contributed by atoms with Gasteiger partial charge in [0.05, 0.1) is 4.92 Å². The number of nitrogens with zero attached hydrogens (tertiary/aromatic N) is 1. The molecule has 1 aliphatic rings. The molecular weight excluding hydrogens is 324 g/mol. The normalized spacial score (nSPS) is 17.4. The first kappa shape index (κ1) is 15.7. The molecule has 1 aliphatic carbocycles. The van der Waals surface area contributed by atoms with Crippen LogP contribution in [0.15, 0.2) is 10.3 Å². The Kier molecular flexibility index (Phi) is 4.12. The molecule has 1 fully saturated rings. The number of halogens is 1. The highest BCUT2D eigenvalue weighted by atomic mass is 35.5. The molecule has 2 rings (SSSR count). The van der Waals surface area contributed by atoms with Crippen LogP contribution in [0.25, 0.3) is 0 Å². The number of thiophene rings is 1. The first-order valence-electron chi connectivity index (χ1n) is 6.11. The van der Waals surface area contributed by atoms with E-state index in [1.54, 1.807) is 0 Å². The second kappa shape index (κ2) is 5.25. The lowest BCUT2D eigenvalue weighted by Crippen LogP contribution is -2.32. The molecule has 9 heteroatoms. The average Bonchev–Trinajstić information content (AvgIpc) is 3.03. The molecule has 1 aromatic rings. The summed E-state index contributed by atoms with van der Waals surface area (Å²) in [7, 11) is -3.74. The quantitative estimate of drug-likeness (QED) is 0.637. The summed E-state index contributed by atoms with van der Waals surface area (Å²) in [5.41, 5.74) is -0.345. The van der Waals surface area contributed by atoms with E-state index in [4.69, 9.17) is 11.6 Å². The standard InChI is InChI=1S/C11H15ClN2O4S2/c1-7(2)11(3-4-11)6-13-20(17,18)9-5-8(14(15)16)10(12)19-9/h5,7,13H,3-4,6H2,1-2H3. The molecule has 0 amide bonds. The molecule has 0 bridgehead atoms. The fourth-order valence-electron chi connectivity index (χ4n) is 2.02. The van der Waals surface area contributed by atoms with E-state index in [2.05, 4.69) is 18.6 Å². The van der Waals surface area contributed by atoms with Crippen molar-refractivity contribution >= 4 is 38.6 Å². The van der Waals surface area contributed by atoms with E-state index in [1.807, 2.05) is 0 Å². The van der Waals surface area contributed by atoms with Gasteiger partial charge in [-0.3, -0.25) is 10.1 Å². The van der Waals surface area contributed by atoms with Crippen LogP contribution in [-0.2, 0) is 10.0 Å². The van der Waals surface area contributed by atoms with Gasteiger partial charge in [0.25, 0.3) is 5.69 Å². The average molecular weight is 339 g/mol. The smallest absolute Gasteiger partial charge is 0.258 e. The first-order chi connectivity index (χ1) is 9.18. The van der Waals surface area contributed by atoms with Crippen molar-refractivity contribution in [3.63, 3.8) is 0 Å². The molecule has 20 heavy (non-hydrogen) atoms. The summed E-state index contributed by atoms with van der Waals surface area (Å²) >= 11 is 6.39. The summed E-state index contributed by atoms with van der Waals surface area (Å²) in [6.45, 7) is 4.48. The highest BCUT2D eigenvalue weighted by Crippen LogP contribution is 2.51. The summed E-state index contributed by atoms with van der Waals surface area (Å²) < 4.78 is 26.6. The van der Waals surface area contributed by atoms with Gasteiger partial charge in [0.15, 0.2) is 4.34 Å². The van der Waals surface area contributed by atoms with Crippen molar-refractivity contribution in [2.75, 3.05) is 6.54 Å². The number of rotatable bonds is 6. The number of hydrogen-bond donors (Lipinski definition) is 1. The summed E-state index contributed by atoms with van der Waals surface area (Å²) in [6, 6.07) is 1.00. The van der Waals surface area contributed by atoms with Crippen LogP contribution in [0.3, 0.4) is 0 Å². The summed E-state index contributed by atoms with van der Waals surface area (Å²) in [5, 5.41) is 10.7. The fraction of sp³-hybridized carbons (Fsp3) is 0.636. The molecule has 1 saturated carbocycles. The predicted molar refractivity (Wildman–Crippen MR) is 77.7 cm³/mol. The Hall–Kier alpha value is -0.700. The van der Waals surface area contributed by atoms with Crippen LogP contribution in [0.1, 0.15) is 26.7 Å². The van der Waals surface area contributed by atoms with Gasteiger partial charge in [0.2, 0.25) is 10.0 Å². The van der Waals surface area contributed by atoms with Crippen molar-refractivity contribution in [3.8, 4) is 0 Å². The van der Waals surface area contributed by atoms with E-state index < -0.39 is 14.9 Å². The van der Waals surface area contributed by atoms with Crippen LogP contribution in [0.2, 0.25) is 4.34 Å². The van der Waals surface area contributed by atoms with Crippen LogP contribution < -0.4 is 4.72 Å². The largest absolute Gasteiger partial charge is 0.300 e. The molecule has 6 nitrogen and oxygen atoms in total. The lowest BCUT2D eigenvalue weighted by molar-refractivity contribution is -0.384. The van der Waals surface area contributed by atoms with Gasteiger partial charge >= 0.3 is 0 Å². The molecule has 0 saturated heterocycles. The second-order valence-electron chi connectivity index (χ2n) is 5.32. The maximum absolute atomic E-state index is 12.1. The fourth-order valence-corrected chi connectivity index (χ4v) is 4.87. The van der Waals surface area contributed by atoms with Crippen LogP contribution in [0, 0.1) is 21.4 Å². The Bertz CT molecular complexity index is 635. The number of nitro groups is 1. The van der Waals surface area contributed by atoms with E-state index in [0.29, 0.717) is 23.8 Å². The van der Waals surface area contributed by atoms with Gasteiger partial charge in [-0.15, -0.1) is 11.3 Å². The van der Waals surface area contributed by atoms with Crippen molar-refractivity contribution in [3.05, 3.63) is 20.5 Å². The summed E-state index contributed by atoms with van der Waals surface area (Å²) in [6.07, 6.45) is 2.00. The maximum atomic E-state index is 12.1. The SMILES string of the molecule is CC(C)C1(CNS(=O)(=O)c2cc([N+](=O)[O-])c(Cl)s2)CC1. The third-order valence-electron chi connectivity index (χ3n) is 3.84. The van der Waals surface area contributed by atoms with Gasteiger partial charge < -0.3 is 0 Å². The lowest BCUT2D eigenvalue weighted by Gasteiger charge is -2.19. The minimum absolute atomic E-state index is 0.0278. The Morgan fingerprint density at radius 2 is 2.15 bits per heavy atom. The number of sulfonamides is 1. The van der Waals surface area contributed by atoms with Gasteiger partial charge in [-0.2, -0.15) is 0 Å². The van der Waals surface area contributed by atoms with Crippen molar-refractivity contribution in [1.29, 1.82) is 0 Å². The minimum atomic E-state index is -3.74. The first-order valence-corrected chi connectivity index (χ1v) is 8.79. The van der Waals surface area contributed by atoms with E-state index in [1.165, 1.54) is 0 Å². The Balaban J connectivity index is 2.15. The van der Waals surface area contributed by atoms with Gasteiger partial charge in [-0.25, -0.2) is 13.1 Å². The topological polar surface area (TPSA) is 89.3 Å². The zero-order chi connectivity index (χ0) is 15.1. The van der Waals surface area contributed by atoms with E-state index in [9.17, 15) is 18.5 Å². The lowest BCUT2D eigenvalue weighted by atomic mass is 9.93. The van der Waals surface area contributed by atoms with Gasteiger partial charge in [0.1, 0.15) is 4.21 Å². The molecule has 0 aromatic carbocycles. The zero-order valence-corrected chi connectivity index (χ0v) is 13.4. The van der Waals surface area contributed by atoms with Crippen LogP contribution in [0.5, 0.6) is 0 Å². The maximum Gasteiger partial charge on any atom is 0.300 e. The third kappa shape index (κ3) is 2.98. The van der Waals surface area contributed by atoms with Crippen molar-refractivity contribution < 1.29 is 13.3 Å². The molecule has 1 N–H and O–H groups in total. The molecule has 0 aliphatic heterocycles. The Morgan fingerprint density at radius 1 is 1.55 bits per heavy atom. The van der Waals surface area contributed by atoms with Crippen molar-refractivity contribution in [2.45, 2.75) is 30.9 Å². The van der Waals surface area contributed by atoms with E-state index >= 15 is 0 Å². The van der Waals surface area contributed by atoms with E-state index in [0.717, 1.165) is 18.9 Å². The molecule has 0 unspecified atom stereocenters. The highest BCUT2D eigenvalue weighted by Gasteiger charge is 2.45. The predicted octanol–water partition coefficient (Wildman–Crippen LogP) is 3.02.